The number of carbonyl (C=O) groups is 1. The minimum Gasteiger partial charge on any atom is -0.462 e. The van der Waals surface area contributed by atoms with E-state index in [1.165, 1.54) is 0 Å². The smallest absolute Gasteiger partial charge is 0.323 e. The van der Waals surface area contributed by atoms with Gasteiger partial charge in [-0.1, -0.05) is 20.8 Å². The van der Waals surface area contributed by atoms with E-state index in [9.17, 15) is 4.79 Å². The predicted molar refractivity (Wildman–Crippen MR) is 61.1 cm³/mol. The van der Waals surface area contributed by atoms with Crippen molar-refractivity contribution in [2.45, 2.75) is 26.8 Å². The SMILES string of the molecule is COCCOCCOC(=O)[C@@H](N)C(C)(C)C. The number of esters is 1. The van der Waals surface area contributed by atoms with Gasteiger partial charge in [0.1, 0.15) is 12.6 Å². The molecule has 0 radical (unpaired) electrons. The van der Waals surface area contributed by atoms with Crippen molar-refractivity contribution in [3.8, 4) is 0 Å². The fourth-order valence-electron chi connectivity index (χ4n) is 0.889. The fraction of sp³-hybridized carbons (Fsp3) is 0.909. The van der Waals surface area contributed by atoms with E-state index in [0.717, 1.165) is 0 Å². The van der Waals surface area contributed by atoms with Crippen LogP contribution in [0.4, 0.5) is 0 Å². The lowest BCUT2D eigenvalue weighted by molar-refractivity contribution is -0.149. The first kappa shape index (κ1) is 15.3. The number of rotatable bonds is 7. The molecule has 0 aliphatic heterocycles. The van der Waals surface area contributed by atoms with Crippen LogP contribution in [0.15, 0.2) is 0 Å². The molecule has 96 valence electrons. The molecule has 0 aliphatic rings. The van der Waals surface area contributed by atoms with Crippen LogP contribution in [0, 0.1) is 5.41 Å². The number of nitrogens with two attached hydrogens (primary N) is 1. The molecule has 5 nitrogen and oxygen atoms in total. The predicted octanol–water partition coefficient (Wildman–Crippen LogP) is 0.566. The Hall–Kier alpha value is -0.650. The Morgan fingerprint density at radius 2 is 1.75 bits per heavy atom. The summed E-state index contributed by atoms with van der Waals surface area (Å²) in [7, 11) is 1.60. The summed E-state index contributed by atoms with van der Waals surface area (Å²) in [6, 6.07) is -0.605. The van der Waals surface area contributed by atoms with Gasteiger partial charge >= 0.3 is 5.97 Å². The normalized spacial score (nSPS) is 13.6. The standard InChI is InChI=1S/C11H23NO4/c1-11(2,3)9(12)10(13)16-8-7-15-6-5-14-4/h9H,5-8,12H2,1-4H3/t9-/m1/s1. The third-order valence-electron chi connectivity index (χ3n) is 2.09. The molecule has 0 amide bonds. The summed E-state index contributed by atoms with van der Waals surface area (Å²) in [5.41, 5.74) is 5.44. The van der Waals surface area contributed by atoms with Crippen LogP contribution in [0.3, 0.4) is 0 Å². The van der Waals surface area contributed by atoms with E-state index in [-0.39, 0.29) is 18.0 Å². The maximum absolute atomic E-state index is 11.5. The summed E-state index contributed by atoms with van der Waals surface area (Å²) in [6.07, 6.45) is 0. The van der Waals surface area contributed by atoms with Crippen LogP contribution in [-0.2, 0) is 19.0 Å². The molecule has 0 saturated carbocycles. The van der Waals surface area contributed by atoms with Crippen molar-refractivity contribution < 1.29 is 19.0 Å². The van der Waals surface area contributed by atoms with Gasteiger partial charge in [0.2, 0.25) is 0 Å². The molecule has 0 aliphatic carbocycles. The summed E-state index contributed by atoms with van der Waals surface area (Å²) in [5.74, 6) is -0.386. The van der Waals surface area contributed by atoms with Gasteiger partial charge < -0.3 is 19.9 Å². The zero-order valence-corrected chi connectivity index (χ0v) is 10.6. The molecule has 16 heavy (non-hydrogen) atoms. The first-order valence-electron chi connectivity index (χ1n) is 5.38. The maximum Gasteiger partial charge on any atom is 0.323 e. The second kappa shape index (κ2) is 7.60. The Morgan fingerprint density at radius 3 is 2.25 bits per heavy atom. The van der Waals surface area contributed by atoms with Gasteiger partial charge in [0.25, 0.3) is 0 Å². The van der Waals surface area contributed by atoms with Crippen molar-refractivity contribution in [1.29, 1.82) is 0 Å². The fourth-order valence-corrected chi connectivity index (χ4v) is 0.889. The van der Waals surface area contributed by atoms with Crippen molar-refractivity contribution in [3.63, 3.8) is 0 Å². The number of carbonyl (C=O) groups excluding carboxylic acids is 1. The second-order valence-corrected chi connectivity index (χ2v) is 4.62. The maximum atomic E-state index is 11.5. The summed E-state index contributed by atoms with van der Waals surface area (Å²) < 4.78 is 14.9. The Kier molecular flexibility index (Phi) is 7.29. The first-order chi connectivity index (χ1) is 7.39. The molecular weight excluding hydrogens is 210 g/mol. The molecule has 0 aromatic heterocycles. The quantitative estimate of drug-likeness (QED) is 0.514. The average molecular weight is 233 g/mol. The minimum absolute atomic E-state index is 0.228. The van der Waals surface area contributed by atoms with Gasteiger partial charge in [0.15, 0.2) is 0 Å². The van der Waals surface area contributed by atoms with Crippen LogP contribution >= 0.6 is 0 Å². The third kappa shape index (κ3) is 6.76. The number of methoxy groups -OCH3 is 1. The van der Waals surface area contributed by atoms with E-state index >= 15 is 0 Å². The van der Waals surface area contributed by atoms with Gasteiger partial charge in [0.05, 0.1) is 19.8 Å². The average Bonchev–Trinajstić information content (AvgIpc) is 2.20. The van der Waals surface area contributed by atoms with Crippen molar-refractivity contribution in [2.75, 3.05) is 33.5 Å². The lowest BCUT2D eigenvalue weighted by atomic mass is 9.87. The van der Waals surface area contributed by atoms with E-state index < -0.39 is 6.04 Å². The van der Waals surface area contributed by atoms with Crippen LogP contribution in [-0.4, -0.2) is 45.5 Å². The Balaban J connectivity index is 3.58. The van der Waals surface area contributed by atoms with Crippen molar-refractivity contribution >= 4 is 5.97 Å². The Morgan fingerprint density at radius 1 is 1.19 bits per heavy atom. The van der Waals surface area contributed by atoms with E-state index in [1.807, 2.05) is 20.8 Å². The highest BCUT2D eigenvalue weighted by Gasteiger charge is 2.28. The number of hydrogen-bond donors (Lipinski definition) is 1. The van der Waals surface area contributed by atoms with Crippen molar-refractivity contribution in [3.05, 3.63) is 0 Å². The van der Waals surface area contributed by atoms with Gasteiger partial charge in [-0.25, -0.2) is 0 Å². The molecule has 2 N–H and O–H groups in total. The molecule has 0 unspecified atom stereocenters. The highest BCUT2D eigenvalue weighted by Crippen LogP contribution is 2.17. The van der Waals surface area contributed by atoms with Crippen LogP contribution in [0.25, 0.3) is 0 Å². The second-order valence-electron chi connectivity index (χ2n) is 4.62. The zero-order chi connectivity index (χ0) is 12.6. The molecule has 0 aromatic rings. The number of hydrogen-bond acceptors (Lipinski definition) is 5. The summed E-state index contributed by atoms with van der Waals surface area (Å²) in [5, 5.41) is 0. The van der Waals surface area contributed by atoms with E-state index in [0.29, 0.717) is 19.8 Å². The van der Waals surface area contributed by atoms with Crippen LogP contribution < -0.4 is 5.73 Å². The molecule has 0 saturated heterocycles. The molecule has 0 aromatic carbocycles. The van der Waals surface area contributed by atoms with E-state index in [4.69, 9.17) is 19.9 Å². The molecule has 1 atom stereocenters. The Bertz CT molecular complexity index is 201. The van der Waals surface area contributed by atoms with Crippen LogP contribution in [0.1, 0.15) is 20.8 Å². The van der Waals surface area contributed by atoms with Gasteiger partial charge in [-0.15, -0.1) is 0 Å². The van der Waals surface area contributed by atoms with Crippen LogP contribution in [0.2, 0.25) is 0 Å². The van der Waals surface area contributed by atoms with Crippen molar-refractivity contribution in [1.82, 2.24) is 0 Å². The Labute approximate surface area is 97.2 Å². The van der Waals surface area contributed by atoms with Gasteiger partial charge in [-0.05, 0) is 5.41 Å². The largest absolute Gasteiger partial charge is 0.462 e. The topological polar surface area (TPSA) is 70.8 Å². The molecule has 0 fully saturated rings. The molecular formula is C11H23NO4. The van der Waals surface area contributed by atoms with Crippen molar-refractivity contribution in [2.24, 2.45) is 11.1 Å². The highest BCUT2D eigenvalue weighted by molar-refractivity contribution is 5.76. The van der Waals surface area contributed by atoms with Gasteiger partial charge in [-0.3, -0.25) is 4.79 Å². The van der Waals surface area contributed by atoms with E-state index in [1.54, 1.807) is 7.11 Å². The number of ether oxygens (including phenoxy) is 3. The lowest BCUT2D eigenvalue weighted by Crippen LogP contribution is -2.43. The summed E-state index contributed by atoms with van der Waals surface area (Å²) in [6.45, 7) is 7.32. The molecule has 0 bridgehead atoms. The van der Waals surface area contributed by atoms with Gasteiger partial charge in [0, 0.05) is 7.11 Å². The minimum atomic E-state index is -0.605. The summed E-state index contributed by atoms with van der Waals surface area (Å²) in [4.78, 5) is 11.5. The molecule has 0 heterocycles. The van der Waals surface area contributed by atoms with Crippen LogP contribution in [0.5, 0.6) is 0 Å². The molecule has 0 spiro atoms. The molecule has 5 heteroatoms. The van der Waals surface area contributed by atoms with Gasteiger partial charge in [-0.2, -0.15) is 0 Å². The van der Waals surface area contributed by atoms with E-state index in [2.05, 4.69) is 0 Å². The first-order valence-corrected chi connectivity index (χ1v) is 5.38. The lowest BCUT2D eigenvalue weighted by Gasteiger charge is -2.24. The summed E-state index contributed by atoms with van der Waals surface area (Å²) >= 11 is 0. The third-order valence-corrected chi connectivity index (χ3v) is 2.09. The monoisotopic (exact) mass is 233 g/mol. The highest BCUT2D eigenvalue weighted by atomic mass is 16.6. The molecule has 0 rings (SSSR count). The zero-order valence-electron chi connectivity index (χ0n) is 10.6.